The van der Waals surface area contributed by atoms with Gasteiger partial charge in [0.25, 0.3) is 0 Å². The average Bonchev–Trinajstić information content (AvgIpc) is 2.44. The van der Waals surface area contributed by atoms with E-state index in [0.717, 1.165) is 0 Å². The smallest absolute Gasteiger partial charge is 0.332 e. The number of carbonyl (C=O) groups is 1. The van der Waals surface area contributed by atoms with E-state index >= 15 is 0 Å². The molecule has 6 heteroatoms. The number of halogens is 1. The Kier molecular flexibility index (Phi) is 3.71. The minimum atomic E-state index is -1.44. The summed E-state index contributed by atoms with van der Waals surface area (Å²) in [5.74, 6) is -1.26. The number of aromatic nitrogens is 2. The van der Waals surface area contributed by atoms with Crippen LogP contribution < -0.4 is 0 Å². The normalized spacial score (nSPS) is 12.8. The van der Waals surface area contributed by atoms with Crippen LogP contribution >= 0.6 is 11.6 Å². The van der Waals surface area contributed by atoms with Crippen LogP contribution in [0.5, 0.6) is 0 Å². The first kappa shape index (κ1) is 12.0. The fraction of sp³-hybridized carbons (Fsp3) is 0.556. The van der Waals surface area contributed by atoms with Crippen molar-refractivity contribution in [2.24, 2.45) is 7.05 Å². The number of aryl methyl sites for hydroxylation is 2. The third kappa shape index (κ3) is 2.49. The Labute approximate surface area is 92.3 Å². The minimum absolute atomic E-state index is 0.0301. The second kappa shape index (κ2) is 4.63. The fourth-order valence-electron chi connectivity index (χ4n) is 1.31. The van der Waals surface area contributed by atoms with Crippen molar-refractivity contribution in [1.29, 1.82) is 0 Å². The van der Waals surface area contributed by atoms with Gasteiger partial charge in [0, 0.05) is 13.5 Å². The molecule has 0 fully saturated rings. The number of rotatable bonds is 4. The van der Waals surface area contributed by atoms with Gasteiger partial charge in [0.1, 0.15) is 0 Å². The van der Waals surface area contributed by atoms with Gasteiger partial charge >= 0.3 is 5.97 Å². The summed E-state index contributed by atoms with van der Waals surface area (Å²) in [6, 6.07) is 0. The topological polar surface area (TPSA) is 75.3 Å². The standard InChI is InChI=1S/C9H13ClN2O3/c1-3-5-8(10)6(12(2)11-5)4-7(13)9(14)15/h7,13H,3-4H2,1-2H3,(H,14,15). The maximum atomic E-state index is 10.5. The van der Waals surface area contributed by atoms with Gasteiger partial charge in [-0.15, -0.1) is 0 Å². The largest absolute Gasteiger partial charge is 0.479 e. The summed E-state index contributed by atoms with van der Waals surface area (Å²) in [5.41, 5.74) is 1.26. The van der Waals surface area contributed by atoms with Crippen molar-refractivity contribution < 1.29 is 15.0 Å². The molecule has 0 radical (unpaired) electrons. The monoisotopic (exact) mass is 232 g/mol. The molecule has 0 spiro atoms. The van der Waals surface area contributed by atoms with Crippen LogP contribution in [0.15, 0.2) is 0 Å². The molecule has 2 N–H and O–H groups in total. The lowest BCUT2D eigenvalue weighted by atomic mass is 10.2. The molecule has 84 valence electrons. The number of hydrogen-bond donors (Lipinski definition) is 2. The summed E-state index contributed by atoms with van der Waals surface area (Å²) in [5, 5.41) is 22.3. The summed E-state index contributed by atoms with van der Waals surface area (Å²) < 4.78 is 1.51. The van der Waals surface area contributed by atoms with Crippen molar-refractivity contribution >= 4 is 17.6 Å². The van der Waals surface area contributed by atoms with E-state index in [1.54, 1.807) is 7.05 Å². The number of hydrogen-bond acceptors (Lipinski definition) is 3. The van der Waals surface area contributed by atoms with E-state index in [1.807, 2.05) is 6.92 Å². The molecule has 1 heterocycles. The number of aliphatic carboxylic acids is 1. The Bertz CT molecular complexity index is 376. The third-order valence-corrected chi connectivity index (χ3v) is 2.61. The highest BCUT2D eigenvalue weighted by Gasteiger charge is 2.20. The second-order valence-corrected chi connectivity index (χ2v) is 3.62. The number of carboxylic acid groups (broad SMARTS) is 1. The van der Waals surface area contributed by atoms with Gasteiger partial charge in [-0.3, -0.25) is 4.68 Å². The van der Waals surface area contributed by atoms with Gasteiger partial charge in [-0.05, 0) is 6.42 Å². The lowest BCUT2D eigenvalue weighted by molar-refractivity contribution is -0.146. The van der Waals surface area contributed by atoms with Crippen LogP contribution in [0.2, 0.25) is 5.02 Å². The molecule has 0 amide bonds. The number of nitrogens with zero attached hydrogens (tertiary/aromatic N) is 2. The van der Waals surface area contributed by atoms with E-state index in [-0.39, 0.29) is 6.42 Å². The zero-order chi connectivity index (χ0) is 11.6. The maximum Gasteiger partial charge on any atom is 0.332 e. The number of carboxylic acids is 1. The van der Waals surface area contributed by atoms with E-state index in [4.69, 9.17) is 16.7 Å². The van der Waals surface area contributed by atoms with Crippen LogP contribution in [0.1, 0.15) is 18.3 Å². The highest BCUT2D eigenvalue weighted by Crippen LogP contribution is 2.21. The molecular formula is C9H13ClN2O3. The molecule has 1 atom stereocenters. The fourth-order valence-corrected chi connectivity index (χ4v) is 1.68. The molecule has 0 saturated carbocycles. The van der Waals surface area contributed by atoms with E-state index < -0.39 is 12.1 Å². The van der Waals surface area contributed by atoms with Crippen molar-refractivity contribution in [2.45, 2.75) is 25.9 Å². The SMILES string of the molecule is CCc1nn(C)c(CC(O)C(=O)O)c1Cl. The van der Waals surface area contributed by atoms with Crippen LogP contribution in [0.25, 0.3) is 0 Å². The summed E-state index contributed by atoms with van der Waals surface area (Å²) in [7, 11) is 1.68. The summed E-state index contributed by atoms with van der Waals surface area (Å²) in [6.07, 6.45) is -0.796. The van der Waals surface area contributed by atoms with Gasteiger partial charge in [0.15, 0.2) is 6.10 Å². The summed E-state index contributed by atoms with van der Waals surface area (Å²) in [4.78, 5) is 10.5. The quantitative estimate of drug-likeness (QED) is 0.798. The van der Waals surface area contributed by atoms with E-state index in [2.05, 4.69) is 5.10 Å². The first-order valence-electron chi connectivity index (χ1n) is 4.58. The molecule has 1 aromatic heterocycles. The molecular weight excluding hydrogens is 220 g/mol. The van der Waals surface area contributed by atoms with Gasteiger partial charge in [-0.1, -0.05) is 18.5 Å². The Morgan fingerprint density at radius 3 is 2.67 bits per heavy atom. The van der Waals surface area contributed by atoms with Crippen LogP contribution in [-0.2, 0) is 24.7 Å². The Hall–Kier alpha value is -1.07. The van der Waals surface area contributed by atoms with Gasteiger partial charge in [-0.2, -0.15) is 5.10 Å². The third-order valence-electron chi connectivity index (χ3n) is 2.17. The summed E-state index contributed by atoms with van der Waals surface area (Å²) in [6.45, 7) is 1.91. The van der Waals surface area contributed by atoms with Crippen molar-refractivity contribution in [2.75, 3.05) is 0 Å². The minimum Gasteiger partial charge on any atom is -0.479 e. The molecule has 15 heavy (non-hydrogen) atoms. The van der Waals surface area contributed by atoms with Crippen LogP contribution in [0.3, 0.4) is 0 Å². The maximum absolute atomic E-state index is 10.5. The van der Waals surface area contributed by atoms with E-state index in [1.165, 1.54) is 4.68 Å². The highest BCUT2D eigenvalue weighted by molar-refractivity contribution is 6.31. The van der Waals surface area contributed by atoms with Crippen LogP contribution in [0, 0.1) is 0 Å². The van der Waals surface area contributed by atoms with Gasteiger partial charge in [-0.25, -0.2) is 4.79 Å². The molecule has 0 aliphatic rings. The van der Waals surface area contributed by atoms with Gasteiger partial charge < -0.3 is 10.2 Å². The molecule has 0 aliphatic carbocycles. The van der Waals surface area contributed by atoms with Gasteiger partial charge in [0.05, 0.1) is 16.4 Å². The Morgan fingerprint density at radius 1 is 1.67 bits per heavy atom. The molecule has 0 aliphatic heterocycles. The Morgan fingerprint density at radius 2 is 2.27 bits per heavy atom. The first-order valence-corrected chi connectivity index (χ1v) is 4.96. The highest BCUT2D eigenvalue weighted by atomic mass is 35.5. The van der Waals surface area contributed by atoms with E-state index in [9.17, 15) is 9.90 Å². The molecule has 1 unspecified atom stereocenters. The van der Waals surface area contributed by atoms with Crippen molar-refractivity contribution in [3.05, 3.63) is 16.4 Å². The summed E-state index contributed by atoms with van der Waals surface area (Å²) >= 11 is 5.99. The predicted molar refractivity (Wildman–Crippen MR) is 54.9 cm³/mol. The molecule has 1 rings (SSSR count). The zero-order valence-electron chi connectivity index (χ0n) is 8.57. The second-order valence-electron chi connectivity index (χ2n) is 3.24. The zero-order valence-corrected chi connectivity index (χ0v) is 9.32. The molecule has 0 aromatic carbocycles. The van der Waals surface area contributed by atoms with Gasteiger partial charge in [0.2, 0.25) is 0 Å². The van der Waals surface area contributed by atoms with E-state index in [0.29, 0.717) is 22.8 Å². The molecule has 0 saturated heterocycles. The van der Waals surface area contributed by atoms with Crippen molar-refractivity contribution in [3.63, 3.8) is 0 Å². The Balaban J connectivity index is 2.94. The predicted octanol–water partition coefficient (Wildman–Crippen LogP) is 0.624. The van der Waals surface area contributed by atoms with Crippen molar-refractivity contribution in [3.8, 4) is 0 Å². The molecule has 1 aromatic rings. The van der Waals surface area contributed by atoms with Crippen LogP contribution in [-0.4, -0.2) is 32.1 Å². The lowest BCUT2D eigenvalue weighted by Gasteiger charge is -2.05. The number of aliphatic hydroxyl groups is 1. The first-order chi connectivity index (χ1) is 6.97. The molecule has 0 bridgehead atoms. The van der Waals surface area contributed by atoms with Crippen molar-refractivity contribution in [1.82, 2.24) is 9.78 Å². The average molecular weight is 233 g/mol. The lowest BCUT2D eigenvalue weighted by Crippen LogP contribution is -2.23. The number of aliphatic hydroxyl groups excluding tert-OH is 1. The molecule has 5 nitrogen and oxygen atoms in total. The van der Waals surface area contributed by atoms with Crippen LogP contribution in [0.4, 0.5) is 0 Å².